The lowest BCUT2D eigenvalue weighted by Gasteiger charge is -2.27. The fourth-order valence-corrected chi connectivity index (χ4v) is 2.85. The van der Waals surface area contributed by atoms with E-state index < -0.39 is 6.04 Å². The summed E-state index contributed by atoms with van der Waals surface area (Å²) in [5, 5.41) is 4.26. The molecule has 2 rings (SSSR count). The molecule has 104 valence electrons. The lowest BCUT2D eigenvalue weighted by atomic mass is 9.94. The summed E-state index contributed by atoms with van der Waals surface area (Å²) in [6.07, 6.45) is 5.84. The fourth-order valence-electron chi connectivity index (χ4n) is 2.54. The molecule has 1 aromatic carbocycles. The SMILES string of the molecule is NC(=O)C(NC1CCCCC1)c1ccc(Cl)c(Cl)c1. The third-order valence-corrected chi connectivity index (χ3v) is 4.31. The van der Waals surface area contributed by atoms with Crippen LogP contribution in [0.5, 0.6) is 0 Å². The maximum Gasteiger partial charge on any atom is 0.239 e. The van der Waals surface area contributed by atoms with Crippen LogP contribution in [0.4, 0.5) is 0 Å². The Morgan fingerprint density at radius 3 is 2.47 bits per heavy atom. The van der Waals surface area contributed by atoms with Crippen LogP contribution in [0.2, 0.25) is 10.0 Å². The van der Waals surface area contributed by atoms with Crippen LogP contribution in [0.1, 0.15) is 43.7 Å². The highest BCUT2D eigenvalue weighted by Crippen LogP contribution is 2.27. The number of carbonyl (C=O) groups is 1. The van der Waals surface area contributed by atoms with Crippen LogP contribution in [0.15, 0.2) is 18.2 Å². The minimum absolute atomic E-state index is 0.348. The van der Waals surface area contributed by atoms with Gasteiger partial charge < -0.3 is 5.73 Å². The van der Waals surface area contributed by atoms with Crippen molar-refractivity contribution in [3.8, 4) is 0 Å². The summed E-state index contributed by atoms with van der Waals surface area (Å²) in [6, 6.07) is 5.03. The Bertz CT molecular complexity index is 459. The number of nitrogens with two attached hydrogens (primary N) is 1. The number of amides is 1. The summed E-state index contributed by atoms with van der Waals surface area (Å²) in [7, 11) is 0. The molecule has 19 heavy (non-hydrogen) atoms. The van der Waals surface area contributed by atoms with Gasteiger partial charge >= 0.3 is 0 Å². The molecule has 1 fully saturated rings. The van der Waals surface area contributed by atoms with Crippen molar-refractivity contribution in [1.82, 2.24) is 5.32 Å². The summed E-state index contributed by atoms with van der Waals surface area (Å²) in [6.45, 7) is 0. The number of primary amides is 1. The third kappa shape index (κ3) is 3.85. The zero-order valence-corrected chi connectivity index (χ0v) is 12.2. The number of nitrogens with one attached hydrogen (secondary N) is 1. The van der Waals surface area contributed by atoms with Crippen LogP contribution in [-0.2, 0) is 4.79 Å². The zero-order valence-electron chi connectivity index (χ0n) is 10.7. The largest absolute Gasteiger partial charge is 0.368 e. The summed E-state index contributed by atoms with van der Waals surface area (Å²) < 4.78 is 0. The van der Waals surface area contributed by atoms with E-state index in [1.165, 1.54) is 19.3 Å². The molecule has 0 saturated heterocycles. The minimum Gasteiger partial charge on any atom is -0.368 e. The Kier molecular flexibility index (Phi) is 5.08. The average molecular weight is 301 g/mol. The molecule has 0 aromatic heterocycles. The van der Waals surface area contributed by atoms with Gasteiger partial charge in [-0.15, -0.1) is 0 Å². The minimum atomic E-state index is -0.502. The topological polar surface area (TPSA) is 55.1 Å². The van der Waals surface area contributed by atoms with Crippen LogP contribution < -0.4 is 11.1 Å². The molecule has 1 aliphatic rings. The Morgan fingerprint density at radius 2 is 1.89 bits per heavy atom. The van der Waals surface area contributed by atoms with Gasteiger partial charge in [0.1, 0.15) is 6.04 Å². The molecule has 3 nitrogen and oxygen atoms in total. The van der Waals surface area contributed by atoms with Gasteiger partial charge in [0.15, 0.2) is 0 Å². The molecule has 0 aliphatic heterocycles. The van der Waals surface area contributed by atoms with E-state index in [0.29, 0.717) is 16.1 Å². The van der Waals surface area contributed by atoms with Gasteiger partial charge in [0.25, 0.3) is 0 Å². The van der Waals surface area contributed by atoms with Crippen LogP contribution in [0.25, 0.3) is 0 Å². The molecule has 1 amide bonds. The molecule has 0 heterocycles. The predicted molar refractivity (Wildman–Crippen MR) is 78.4 cm³/mol. The van der Waals surface area contributed by atoms with Gasteiger partial charge in [-0.3, -0.25) is 10.1 Å². The molecular weight excluding hydrogens is 283 g/mol. The van der Waals surface area contributed by atoms with E-state index in [1.807, 2.05) is 0 Å². The van der Waals surface area contributed by atoms with E-state index in [1.54, 1.807) is 18.2 Å². The second-order valence-electron chi connectivity index (χ2n) is 5.01. The molecule has 0 bridgehead atoms. The molecule has 1 aromatic rings. The second-order valence-corrected chi connectivity index (χ2v) is 5.82. The maximum absolute atomic E-state index is 11.7. The van der Waals surface area contributed by atoms with E-state index in [0.717, 1.165) is 18.4 Å². The Labute approximate surface area is 123 Å². The molecule has 5 heteroatoms. The lowest BCUT2D eigenvalue weighted by molar-refractivity contribution is -0.120. The Hall–Kier alpha value is -0.770. The second kappa shape index (κ2) is 6.60. The highest BCUT2D eigenvalue weighted by Gasteiger charge is 2.23. The average Bonchev–Trinajstić information content (AvgIpc) is 2.40. The molecule has 0 radical (unpaired) electrons. The molecule has 1 saturated carbocycles. The highest BCUT2D eigenvalue weighted by molar-refractivity contribution is 6.42. The van der Waals surface area contributed by atoms with Crippen molar-refractivity contribution >= 4 is 29.1 Å². The van der Waals surface area contributed by atoms with Crippen molar-refractivity contribution in [3.63, 3.8) is 0 Å². The quantitative estimate of drug-likeness (QED) is 0.895. The van der Waals surface area contributed by atoms with Gasteiger partial charge in [-0.1, -0.05) is 48.5 Å². The van der Waals surface area contributed by atoms with Gasteiger partial charge in [0.05, 0.1) is 10.0 Å². The highest BCUT2D eigenvalue weighted by atomic mass is 35.5. The van der Waals surface area contributed by atoms with E-state index in [9.17, 15) is 4.79 Å². The number of hydrogen-bond donors (Lipinski definition) is 2. The molecule has 1 atom stereocenters. The van der Waals surface area contributed by atoms with Gasteiger partial charge in [-0.25, -0.2) is 0 Å². The third-order valence-electron chi connectivity index (χ3n) is 3.57. The van der Waals surface area contributed by atoms with Crippen molar-refractivity contribution in [2.24, 2.45) is 5.73 Å². The van der Waals surface area contributed by atoms with Crippen LogP contribution in [0, 0.1) is 0 Å². The van der Waals surface area contributed by atoms with E-state index in [2.05, 4.69) is 5.32 Å². The van der Waals surface area contributed by atoms with Crippen LogP contribution >= 0.6 is 23.2 Å². The fraction of sp³-hybridized carbons (Fsp3) is 0.500. The number of rotatable bonds is 4. The van der Waals surface area contributed by atoms with E-state index >= 15 is 0 Å². The van der Waals surface area contributed by atoms with Gasteiger partial charge in [0, 0.05) is 6.04 Å². The summed E-state index contributed by atoms with van der Waals surface area (Å²) in [5.74, 6) is -0.385. The van der Waals surface area contributed by atoms with Crippen molar-refractivity contribution in [1.29, 1.82) is 0 Å². The first-order valence-corrected chi connectivity index (χ1v) is 7.34. The first kappa shape index (κ1) is 14.6. The summed E-state index contributed by atoms with van der Waals surface area (Å²) >= 11 is 11.9. The van der Waals surface area contributed by atoms with Crippen LogP contribution in [-0.4, -0.2) is 11.9 Å². The molecule has 3 N–H and O–H groups in total. The van der Waals surface area contributed by atoms with Crippen LogP contribution in [0.3, 0.4) is 0 Å². The van der Waals surface area contributed by atoms with Gasteiger partial charge in [-0.2, -0.15) is 0 Å². The van der Waals surface area contributed by atoms with Crippen molar-refractivity contribution < 1.29 is 4.79 Å². The lowest BCUT2D eigenvalue weighted by Crippen LogP contribution is -2.40. The Balaban J connectivity index is 2.14. The summed E-state index contributed by atoms with van der Waals surface area (Å²) in [5.41, 5.74) is 6.27. The maximum atomic E-state index is 11.7. The summed E-state index contributed by atoms with van der Waals surface area (Å²) in [4.78, 5) is 11.7. The van der Waals surface area contributed by atoms with Crippen molar-refractivity contribution in [3.05, 3.63) is 33.8 Å². The molecular formula is C14H18Cl2N2O. The van der Waals surface area contributed by atoms with Crippen molar-refractivity contribution in [2.75, 3.05) is 0 Å². The normalized spacial score (nSPS) is 18.2. The Morgan fingerprint density at radius 1 is 1.21 bits per heavy atom. The van der Waals surface area contributed by atoms with Crippen molar-refractivity contribution in [2.45, 2.75) is 44.2 Å². The number of hydrogen-bond acceptors (Lipinski definition) is 2. The standard InChI is InChI=1S/C14H18Cl2N2O/c15-11-7-6-9(8-12(11)16)13(14(17)19)18-10-4-2-1-3-5-10/h6-8,10,13,18H,1-5H2,(H2,17,19). The van der Waals surface area contributed by atoms with E-state index in [-0.39, 0.29) is 5.91 Å². The molecule has 0 spiro atoms. The van der Waals surface area contributed by atoms with E-state index in [4.69, 9.17) is 28.9 Å². The first-order valence-electron chi connectivity index (χ1n) is 6.58. The molecule has 1 aliphatic carbocycles. The predicted octanol–water partition coefficient (Wildman–Crippen LogP) is 3.44. The smallest absolute Gasteiger partial charge is 0.239 e. The van der Waals surface area contributed by atoms with Gasteiger partial charge in [-0.05, 0) is 30.5 Å². The number of carbonyl (C=O) groups excluding carboxylic acids is 1. The molecule has 1 unspecified atom stereocenters. The number of halogens is 2. The first-order chi connectivity index (χ1) is 9.08. The van der Waals surface area contributed by atoms with Gasteiger partial charge in [0.2, 0.25) is 5.91 Å². The number of benzene rings is 1. The zero-order chi connectivity index (χ0) is 13.8. The monoisotopic (exact) mass is 300 g/mol.